The third-order valence-electron chi connectivity index (χ3n) is 19.1. The summed E-state index contributed by atoms with van der Waals surface area (Å²) in [5, 5.41) is 1.33. The number of hydrogen-bond donors (Lipinski definition) is 0. The highest BCUT2D eigenvalue weighted by Crippen LogP contribution is 2.57. The Hall–Kier alpha value is -5.06. The van der Waals surface area contributed by atoms with Crippen molar-refractivity contribution in [2.45, 2.75) is 194 Å². The van der Waals surface area contributed by atoms with Crippen molar-refractivity contribution in [2.24, 2.45) is 0 Å². The number of rotatable bonds is 3. The fraction of sp³-hybridized carbons (Fsp3) is 0.441. The van der Waals surface area contributed by atoms with Gasteiger partial charge in [0.1, 0.15) is 0 Å². The summed E-state index contributed by atoms with van der Waals surface area (Å²) in [5.41, 5.74) is 23.9. The van der Waals surface area contributed by atoms with Crippen LogP contribution in [0, 0.1) is 13.8 Å². The van der Waals surface area contributed by atoms with Gasteiger partial charge in [-0.25, -0.2) is 0 Å². The maximum Gasteiger partial charge on any atom is 0.264 e. The van der Waals surface area contributed by atoms with Crippen LogP contribution in [0.15, 0.2) is 97.1 Å². The molecule has 1 aromatic heterocycles. The molecule has 0 saturated carbocycles. The molecule has 0 atom stereocenters. The monoisotopic (exact) mass is 970 g/mol. The van der Waals surface area contributed by atoms with Gasteiger partial charge < -0.3 is 9.80 Å². The molecule has 370 valence electrons. The zero-order chi connectivity index (χ0) is 53.7. The van der Waals surface area contributed by atoms with E-state index in [1.807, 2.05) is 23.5 Å². The Morgan fingerprint density at radius 1 is 0.500 bits per heavy atom. The zero-order valence-electron chi connectivity index (χ0n) is 49.4. The summed E-state index contributed by atoms with van der Waals surface area (Å²) in [7, 11) is 0. The first-order valence-electron chi connectivity index (χ1n) is 28.7. The average molecular weight is 970 g/mol. The lowest BCUT2D eigenvalue weighted by Gasteiger charge is -2.48. The number of anilines is 6. The molecule has 0 spiro atoms. The van der Waals surface area contributed by atoms with Crippen LogP contribution < -0.4 is 25.5 Å². The first-order valence-corrected chi connectivity index (χ1v) is 28.1. The standard InChI is InChI=1S/C68H79BN2S/c1-40-18-20-42(21-19-40)45-36-49-51(67(14,15)30-28-65(49,10)11)38-54(45)71-55-39-52-50(66(12,13)29-31-68(52,16)17)37-53(55)69-59-56(32-41(2)33-57(59)71)70(44-23-24-47-48(35-44)64(8,9)27-26-63(47,6)7)60-46-34-43(62(3,4)5)22-25-58(46)72-61(60)69/h18-25,32-39H,26-31H2,1-17H3/i1D3. The Morgan fingerprint density at radius 3 is 1.58 bits per heavy atom. The normalized spacial score (nSPS) is 21.1. The van der Waals surface area contributed by atoms with Crippen molar-refractivity contribution in [3.63, 3.8) is 0 Å². The number of hydrogen-bond acceptors (Lipinski definition) is 3. The van der Waals surface area contributed by atoms with Crippen LogP contribution >= 0.6 is 11.3 Å². The second kappa shape index (κ2) is 15.3. The minimum absolute atomic E-state index is 0.00673. The summed E-state index contributed by atoms with van der Waals surface area (Å²) < 4.78 is 27.8. The molecule has 0 unspecified atom stereocenters. The van der Waals surface area contributed by atoms with E-state index >= 15 is 0 Å². The van der Waals surface area contributed by atoms with Gasteiger partial charge in [0, 0.05) is 47.3 Å². The molecule has 3 heterocycles. The first-order chi connectivity index (χ1) is 34.8. The molecular weight excluding hydrogens is 888 g/mol. The molecular formula is C68H79BN2S. The van der Waals surface area contributed by atoms with E-state index in [9.17, 15) is 0 Å². The number of fused-ring (bicyclic) bond motifs is 9. The van der Waals surface area contributed by atoms with Crippen molar-refractivity contribution in [1.29, 1.82) is 0 Å². The molecule has 2 nitrogen and oxygen atoms in total. The Kier molecular flexibility index (Phi) is 9.43. The summed E-state index contributed by atoms with van der Waals surface area (Å²) in [4.78, 5) is 5.38. The van der Waals surface area contributed by atoms with Gasteiger partial charge in [-0.2, -0.15) is 0 Å². The molecule has 12 rings (SSSR count). The van der Waals surface area contributed by atoms with Crippen LogP contribution in [0.2, 0.25) is 0 Å². The lowest BCUT2D eigenvalue weighted by Crippen LogP contribution is -2.61. The Morgan fingerprint density at radius 2 is 1.01 bits per heavy atom. The SMILES string of the molecule is [2H]C([2H])([2H])c1ccc(-c2cc3c(cc2N2c4cc5c(cc4B4c6sc7ccc(C(C)(C)C)cc7c6N(c6ccc7c(c6)C(C)(C)CCC7(C)C)c6cc(C)cc2c64)C(C)(C)CCC5(C)C)C(C)(C)CCC3(C)C)cc1. The van der Waals surface area contributed by atoms with Gasteiger partial charge in [-0.05, 0) is 206 Å². The molecule has 0 saturated heterocycles. The fourth-order valence-corrected chi connectivity index (χ4v) is 15.4. The third kappa shape index (κ3) is 7.06. The summed E-state index contributed by atoms with van der Waals surface area (Å²) in [6, 6.07) is 38.0. The molecule has 5 aliphatic rings. The summed E-state index contributed by atoms with van der Waals surface area (Å²) >= 11 is 2.00. The lowest BCUT2D eigenvalue weighted by atomic mass is 9.35. The van der Waals surface area contributed by atoms with Crippen LogP contribution in [0.4, 0.5) is 34.1 Å². The second-order valence-corrected chi connectivity index (χ2v) is 29.2. The van der Waals surface area contributed by atoms with E-state index < -0.39 is 6.85 Å². The average Bonchev–Trinajstić information content (AvgIpc) is 3.78. The second-order valence-electron chi connectivity index (χ2n) is 28.1. The molecule has 0 N–H and O–H groups in total. The zero-order valence-corrected chi connectivity index (χ0v) is 47.2. The van der Waals surface area contributed by atoms with E-state index in [0.29, 0.717) is 5.56 Å². The van der Waals surface area contributed by atoms with E-state index in [4.69, 9.17) is 4.11 Å². The van der Waals surface area contributed by atoms with Gasteiger partial charge in [0.15, 0.2) is 0 Å². The van der Waals surface area contributed by atoms with Gasteiger partial charge >= 0.3 is 0 Å². The van der Waals surface area contributed by atoms with Crippen molar-refractivity contribution in [3.8, 4) is 11.1 Å². The van der Waals surface area contributed by atoms with E-state index in [1.165, 1.54) is 105 Å². The van der Waals surface area contributed by atoms with Gasteiger partial charge in [-0.3, -0.25) is 0 Å². The van der Waals surface area contributed by atoms with Gasteiger partial charge in [-0.1, -0.05) is 152 Å². The molecule has 0 amide bonds. The topological polar surface area (TPSA) is 6.48 Å². The van der Waals surface area contributed by atoms with Crippen molar-refractivity contribution in [3.05, 3.63) is 147 Å². The van der Waals surface area contributed by atoms with Crippen LogP contribution in [0.5, 0.6) is 0 Å². The molecule has 7 aromatic rings. The predicted molar refractivity (Wildman–Crippen MR) is 315 cm³/mol. The molecule has 0 bridgehead atoms. The molecule has 0 radical (unpaired) electrons. The van der Waals surface area contributed by atoms with Crippen LogP contribution in [0.25, 0.3) is 21.2 Å². The highest BCUT2D eigenvalue weighted by atomic mass is 32.1. The number of aryl methyl sites for hydroxylation is 2. The third-order valence-corrected chi connectivity index (χ3v) is 20.4. The van der Waals surface area contributed by atoms with Crippen molar-refractivity contribution in [1.82, 2.24) is 0 Å². The fourth-order valence-electron chi connectivity index (χ4n) is 14.1. The summed E-state index contributed by atoms with van der Waals surface area (Å²) in [5.74, 6) is 0. The van der Waals surface area contributed by atoms with Crippen LogP contribution in [0.1, 0.15) is 197 Å². The molecule has 72 heavy (non-hydrogen) atoms. The van der Waals surface area contributed by atoms with Crippen LogP contribution in [-0.4, -0.2) is 6.71 Å². The van der Waals surface area contributed by atoms with E-state index in [-0.39, 0.29) is 44.6 Å². The quantitative estimate of drug-likeness (QED) is 0.163. The molecule has 6 aromatic carbocycles. The molecule has 0 fully saturated rings. The van der Waals surface area contributed by atoms with Gasteiger partial charge in [0.2, 0.25) is 0 Å². The number of thiophene rings is 1. The van der Waals surface area contributed by atoms with Gasteiger partial charge in [0.05, 0.1) is 11.4 Å². The van der Waals surface area contributed by atoms with Gasteiger partial charge in [-0.15, -0.1) is 11.3 Å². The molecule has 2 aliphatic heterocycles. The number of nitrogens with zero attached hydrogens (tertiary/aromatic N) is 2. The Labute approximate surface area is 442 Å². The maximum absolute atomic E-state index is 8.36. The minimum atomic E-state index is -2.19. The Balaban J connectivity index is 1.23. The van der Waals surface area contributed by atoms with E-state index in [0.717, 1.165) is 48.9 Å². The smallest absolute Gasteiger partial charge is 0.264 e. The largest absolute Gasteiger partial charge is 0.311 e. The lowest BCUT2D eigenvalue weighted by molar-refractivity contribution is 0.332. The number of benzene rings is 6. The maximum atomic E-state index is 8.36. The van der Waals surface area contributed by atoms with Crippen molar-refractivity contribution in [2.75, 3.05) is 9.80 Å². The highest BCUT2D eigenvalue weighted by molar-refractivity contribution is 7.33. The molecule has 4 heteroatoms. The predicted octanol–water partition coefficient (Wildman–Crippen LogP) is 17.6. The minimum Gasteiger partial charge on any atom is -0.311 e. The van der Waals surface area contributed by atoms with Crippen molar-refractivity contribution < 1.29 is 4.11 Å². The van der Waals surface area contributed by atoms with Crippen molar-refractivity contribution >= 4 is 78.0 Å². The van der Waals surface area contributed by atoms with E-state index in [2.05, 4.69) is 206 Å². The van der Waals surface area contributed by atoms with Gasteiger partial charge in [0.25, 0.3) is 6.71 Å². The Bertz CT molecular complexity index is 3560. The van der Waals surface area contributed by atoms with Crippen LogP contribution in [-0.2, 0) is 37.9 Å². The summed E-state index contributed by atoms with van der Waals surface area (Å²) in [6.07, 6.45) is 6.79. The highest BCUT2D eigenvalue weighted by Gasteiger charge is 2.49. The first kappa shape index (κ1) is 44.4. The van der Waals surface area contributed by atoms with E-state index in [1.54, 1.807) is 0 Å². The van der Waals surface area contributed by atoms with Crippen LogP contribution in [0.3, 0.4) is 0 Å². The molecule has 3 aliphatic carbocycles. The summed E-state index contributed by atoms with van der Waals surface area (Å²) in [6.45, 7) is 36.5.